The molecular weight excluding hydrogens is 633 g/mol. The van der Waals surface area contributed by atoms with Crippen molar-refractivity contribution in [1.82, 2.24) is 19.1 Å². The maximum absolute atomic E-state index is 5.21. The van der Waals surface area contributed by atoms with Gasteiger partial charge in [0, 0.05) is 33.6 Å². The molecule has 3 aliphatic rings. The summed E-state index contributed by atoms with van der Waals surface area (Å²) in [5.41, 5.74) is 16.0. The molecule has 0 spiro atoms. The van der Waals surface area contributed by atoms with Crippen LogP contribution in [-0.4, -0.2) is 19.1 Å². The van der Waals surface area contributed by atoms with Crippen LogP contribution in [0.5, 0.6) is 0 Å². The van der Waals surface area contributed by atoms with Gasteiger partial charge in [0.1, 0.15) is 11.6 Å². The van der Waals surface area contributed by atoms with Crippen LogP contribution in [0.3, 0.4) is 0 Å². The predicted molar refractivity (Wildman–Crippen MR) is 214 cm³/mol. The van der Waals surface area contributed by atoms with E-state index in [0.29, 0.717) is 0 Å². The standard InChI is InChI=1S/C48H32N4/c1-27-49-45-37-11-3-7-31-15-17-33-9-5-13-39(43(33)41(31)37)47(45)51(27)35-23-19-29(20-24-35)30-21-25-36(26-22-30)52-28(2)50-46-38-12-4-8-32-16-18-34-10-6-14-40(48(46)52)44(34)42(32)38/h3-15,17-26,44H,16H2,1-2H3. The fourth-order valence-corrected chi connectivity index (χ4v) is 9.67. The molecule has 0 radical (unpaired) electrons. The van der Waals surface area contributed by atoms with Crippen molar-refractivity contribution in [1.29, 1.82) is 0 Å². The molecule has 3 aliphatic carbocycles. The molecule has 7 aromatic carbocycles. The van der Waals surface area contributed by atoms with Crippen LogP contribution in [0.25, 0.3) is 82.7 Å². The zero-order valence-corrected chi connectivity index (χ0v) is 28.9. The Kier molecular flexibility index (Phi) is 5.45. The molecule has 1 atom stereocenters. The van der Waals surface area contributed by atoms with E-state index < -0.39 is 0 Å². The van der Waals surface area contributed by atoms with Gasteiger partial charge in [-0.05, 0) is 99.5 Å². The second-order valence-electron chi connectivity index (χ2n) is 14.6. The van der Waals surface area contributed by atoms with Crippen LogP contribution in [0.1, 0.15) is 34.4 Å². The molecule has 52 heavy (non-hydrogen) atoms. The first-order valence-electron chi connectivity index (χ1n) is 18.2. The van der Waals surface area contributed by atoms with Crippen molar-refractivity contribution in [3.63, 3.8) is 0 Å². The van der Waals surface area contributed by atoms with Gasteiger partial charge < -0.3 is 0 Å². The summed E-state index contributed by atoms with van der Waals surface area (Å²) in [6.45, 7) is 4.25. The van der Waals surface area contributed by atoms with Gasteiger partial charge in [0.2, 0.25) is 0 Å². The maximum Gasteiger partial charge on any atom is 0.111 e. The minimum absolute atomic E-state index is 0.270. The topological polar surface area (TPSA) is 35.6 Å². The Morgan fingerprint density at radius 3 is 2.04 bits per heavy atom. The fourth-order valence-electron chi connectivity index (χ4n) is 9.67. The van der Waals surface area contributed by atoms with Gasteiger partial charge in [0.25, 0.3) is 0 Å². The highest BCUT2D eigenvalue weighted by Crippen LogP contribution is 2.54. The van der Waals surface area contributed by atoms with Gasteiger partial charge >= 0.3 is 0 Å². The van der Waals surface area contributed by atoms with Crippen LogP contribution in [0.4, 0.5) is 0 Å². The number of nitrogens with zero attached hydrogens (tertiary/aromatic N) is 4. The van der Waals surface area contributed by atoms with E-state index in [1.807, 2.05) is 0 Å². The Balaban J connectivity index is 0.948. The highest BCUT2D eigenvalue weighted by molar-refractivity contribution is 6.32. The molecule has 0 fully saturated rings. The second-order valence-corrected chi connectivity index (χ2v) is 14.6. The molecule has 4 heteroatoms. The van der Waals surface area contributed by atoms with E-state index in [1.165, 1.54) is 82.5 Å². The monoisotopic (exact) mass is 664 g/mol. The van der Waals surface area contributed by atoms with Crippen LogP contribution in [0.15, 0.2) is 145 Å². The Bertz CT molecular complexity index is 3090. The third-order valence-corrected chi connectivity index (χ3v) is 11.9. The number of rotatable bonds is 3. The number of benzene rings is 7. The smallest absolute Gasteiger partial charge is 0.111 e. The average Bonchev–Trinajstić information content (AvgIpc) is 3.73. The Labute approximate surface area is 300 Å². The number of aryl methyl sites for hydroxylation is 2. The molecule has 244 valence electrons. The Hall–Kier alpha value is -6.52. The van der Waals surface area contributed by atoms with Gasteiger partial charge in [-0.2, -0.15) is 0 Å². The maximum atomic E-state index is 5.21. The lowest BCUT2D eigenvalue weighted by molar-refractivity contribution is 0.908. The van der Waals surface area contributed by atoms with Gasteiger partial charge in [-0.15, -0.1) is 0 Å². The summed E-state index contributed by atoms with van der Waals surface area (Å²) in [7, 11) is 0. The van der Waals surface area contributed by atoms with E-state index in [1.54, 1.807) is 0 Å². The number of hydrogen-bond acceptors (Lipinski definition) is 2. The van der Waals surface area contributed by atoms with Crippen LogP contribution in [-0.2, 0) is 6.42 Å². The zero-order valence-electron chi connectivity index (χ0n) is 28.9. The summed E-state index contributed by atoms with van der Waals surface area (Å²) in [4.78, 5) is 10.4. The van der Waals surface area contributed by atoms with E-state index in [4.69, 9.17) is 9.97 Å². The minimum Gasteiger partial charge on any atom is -0.296 e. The molecule has 4 nitrogen and oxygen atoms in total. The number of fused-ring (bicyclic) bond motifs is 6. The molecular formula is C48H32N4. The van der Waals surface area contributed by atoms with Crippen molar-refractivity contribution in [2.45, 2.75) is 26.2 Å². The molecule has 0 saturated carbocycles. The quantitative estimate of drug-likeness (QED) is 0.176. The Morgan fingerprint density at radius 2 is 1.29 bits per heavy atom. The summed E-state index contributed by atoms with van der Waals surface area (Å²) in [5.74, 6) is 2.26. The minimum atomic E-state index is 0.270. The highest BCUT2D eigenvalue weighted by Gasteiger charge is 2.38. The highest BCUT2D eigenvalue weighted by atomic mass is 15.1. The van der Waals surface area contributed by atoms with E-state index in [9.17, 15) is 0 Å². The summed E-state index contributed by atoms with van der Waals surface area (Å²) in [6.07, 6.45) is 10.2. The van der Waals surface area contributed by atoms with E-state index in [0.717, 1.165) is 40.7 Å². The lowest BCUT2D eigenvalue weighted by atomic mass is 9.69. The summed E-state index contributed by atoms with van der Waals surface area (Å²) < 4.78 is 4.69. The number of aromatic nitrogens is 4. The normalized spacial score (nSPS) is 15.8. The van der Waals surface area contributed by atoms with Crippen molar-refractivity contribution >= 4 is 48.9 Å². The number of hydrogen-bond donors (Lipinski definition) is 0. The summed E-state index contributed by atoms with van der Waals surface area (Å²) in [5, 5.41) is 7.60. The molecule has 0 aliphatic heterocycles. The number of imidazole rings is 2. The SMILES string of the molecule is Cc1nc2c(n1-c1ccc(-c3ccc(-n4c(C)nc5c6cccc7ccc8cccc(c8c76)c54)cc3)cc1)C1=CC=CC3=CCc4cccc-2c4C31. The molecule has 0 N–H and O–H groups in total. The van der Waals surface area contributed by atoms with Crippen molar-refractivity contribution in [2.75, 3.05) is 0 Å². The van der Waals surface area contributed by atoms with E-state index >= 15 is 0 Å². The number of allylic oxidation sites excluding steroid dienone is 6. The van der Waals surface area contributed by atoms with E-state index in [-0.39, 0.29) is 5.92 Å². The fraction of sp³-hybridized carbons (Fsp3) is 0.0833. The molecule has 0 amide bonds. The first kappa shape index (κ1) is 28.2. The first-order chi connectivity index (χ1) is 25.6. The van der Waals surface area contributed by atoms with E-state index in [2.05, 4.69) is 163 Å². The zero-order chi connectivity index (χ0) is 34.2. The predicted octanol–water partition coefficient (Wildman–Crippen LogP) is 11.6. The third-order valence-electron chi connectivity index (χ3n) is 11.9. The van der Waals surface area contributed by atoms with Crippen LogP contribution in [0, 0.1) is 13.8 Å². The lowest BCUT2D eigenvalue weighted by Crippen LogP contribution is -2.20. The largest absolute Gasteiger partial charge is 0.296 e. The van der Waals surface area contributed by atoms with Crippen molar-refractivity contribution in [3.8, 4) is 33.8 Å². The van der Waals surface area contributed by atoms with Gasteiger partial charge in [0.05, 0.1) is 22.4 Å². The molecule has 0 bridgehead atoms. The van der Waals surface area contributed by atoms with Gasteiger partial charge in [0.15, 0.2) is 0 Å². The molecule has 2 aromatic heterocycles. The van der Waals surface area contributed by atoms with Gasteiger partial charge in [-0.1, -0.05) is 115 Å². The van der Waals surface area contributed by atoms with Crippen LogP contribution in [0.2, 0.25) is 0 Å². The molecule has 2 heterocycles. The molecule has 12 rings (SSSR count). The van der Waals surface area contributed by atoms with Crippen molar-refractivity contribution in [3.05, 3.63) is 174 Å². The third kappa shape index (κ3) is 3.61. The van der Waals surface area contributed by atoms with Gasteiger partial charge in [-0.25, -0.2) is 9.97 Å². The summed E-state index contributed by atoms with van der Waals surface area (Å²) in [6, 6.07) is 42.4. The van der Waals surface area contributed by atoms with Crippen molar-refractivity contribution in [2.24, 2.45) is 0 Å². The molecule has 9 aromatic rings. The second kappa shape index (κ2) is 10.0. The molecule has 1 unspecified atom stereocenters. The Morgan fingerprint density at radius 1 is 0.635 bits per heavy atom. The van der Waals surface area contributed by atoms with Gasteiger partial charge in [-0.3, -0.25) is 9.13 Å². The lowest BCUT2D eigenvalue weighted by Gasteiger charge is -2.35. The first-order valence-corrected chi connectivity index (χ1v) is 18.2. The van der Waals surface area contributed by atoms with Crippen molar-refractivity contribution < 1.29 is 0 Å². The molecule has 0 saturated heterocycles. The summed E-state index contributed by atoms with van der Waals surface area (Å²) >= 11 is 0. The average molecular weight is 665 g/mol. The van der Waals surface area contributed by atoms with Crippen LogP contribution >= 0.6 is 0 Å². The van der Waals surface area contributed by atoms with Crippen LogP contribution < -0.4 is 0 Å².